The van der Waals surface area contributed by atoms with Crippen LogP contribution in [0, 0.1) is 0 Å². The maximum Gasteiger partial charge on any atom is 0.160 e. The largest absolute Gasteiger partial charge is 0.228 e. The third-order valence-corrected chi connectivity index (χ3v) is 15.5. The van der Waals surface area contributed by atoms with Gasteiger partial charge < -0.3 is 0 Å². The molecule has 0 bridgehead atoms. The second-order valence-corrected chi connectivity index (χ2v) is 21.5. The fraction of sp³-hybridized carbons (Fsp3) is 0.0800. The van der Waals surface area contributed by atoms with Crippen molar-refractivity contribution in [3.8, 4) is 56.2 Å². The summed E-state index contributed by atoms with van der Waals surface area (Å²) >= 11 is 3.68. The molecule has 3 aromatic heterocycles. The molecule has 10 rings (SSSR count). The highest BCUT2D eigenvalue weighted by molar-refractivity contribution is 7.64. The van der Waals surface area contributed by atoms with Crippen LogP contribution in [0.3, 0.4) is 0 Å². The Balaban J connectivity index is 1.20. The topological polar surface area (TPSA) is 25.8 Å². The fourth-order valence-corrected chi connectivity index (χ4v) is 11.5. The Morgan fingerprint density at radius 1 is 0.339 bits per heavy atom. The number of hydrogen-bond donors (Lipinski definition) is 0. The van der Waals surface area contributed by atoms with Gasteiger partial charge in [0.1, 0.15) is 0 Å². The molecule has 0 atom stereocenters. The number of rotatable bonds is 7. The van der Waals surface area contributed by atoms with Crippen LogP contribution in [-0.2, 0) is 0 Å². The van der Waals surface area contributed by atoms with Crippen LogP contribution in [0.4, 0.5) is 0 Å². The van der Waals surface area contributed by atoms with Gasteiger partial charge in [-0.15, -0.1) is 22.7 Å². The molecule has 3 heterocycles. The van der Waals surface area contributed by atoms with Crippen molar-refractivity contribution in [1.82, 2.24) is 9.97 Å². The smallest absolute Gasteiger partial charge is 0.160 e. The molecule has 270 valence electrons. The van der Waals surface area contributed by atoms with Crippen molar-refractivity contribution in [3.05, 3.63) is 158 Å². The van der Waals surface area contributed by atoms with Gasteiger partial charge in [-0.05, 0) is 120 Å². The second kappa shape index (κ2) is 14.5. The Bertz CT molecular complexity index is 2920. The molecule has 6 heteroatoms. The van der Waals surface area contributed by atoms with Crippen LogP contribution in [0.25, 0.3) is 96.5 Å². The van der Waals surface area contributed by atoms with E-state index < -0.39 is 0 Å². The number of hydrogen-bond acceptors (Lipinski definition) is 4. The van der Waals surface area contributed by atoms with Gasteiger partial charge in [-0.25, -0.2) is 9.97 Å². The summed E-state index contributed by atoms with van der Waals surface area (Å²) in [6, 6.07) is 58.2. The van der Waals surface area contributed by atoms with Crippen LogP contribution < -0.4 is 10.6 Å². The first kappa shape index (κ1) is 35.3. The lowest BCUT2D eigenvalue weighted by atomic mass is 9.95. The van der Waals surface area contributed by atoms with Gasteiger partial charge in [0.15, 0.2) is 5.82 Å². The van der Waals surface area contributed by atoms with E-state index in [1.165, 1.54) is 73.2 Å². The Morgan fingerprint density at radius 2 is 0.786 bits per heavy atom. The normalized spacial score (nSPS) is 11.9. The van der Waals surface area contributed by atoms with Gasteiger partial charge in [0, 0.05) is 57.0 Å². The Hall–Kier alpha value is -5.08. The van der Waals surface area contributed by atoms with E-state index in [9.17, 15) is 0 Å². The summed E-state index contributed by atoms with van der Waals surface area (Å²) in [4.78, 5) is 10.8. The first-order chi connectivity index (χ1) is 27.3. The molecule has 0 spiro atoms. The van der Waals surface area contributed by atoms with Crippen LogP contribution >= 0.6 is 38.5 Å². The second-order valence-electron chi connectivity index (χ2n) is 14.8. The van der Waals surface area contributed by atoms with E-state index in [1.807, 2.05) is 22.7 Å². The van der Waals surface area contributed by atoms with Gasteiger partial charge in [-0.1, -0.05) is 113 Å². The minimum absolute atomic E-state index is 0.238. The third kappa shape index (κ3) is 6.55. The summed E-state index contributed by atoms with van der Waals surface area (Å²) in [5.74, 6) is 0.724. The maximum atomic E-state index is 5.42. The minimum Gasteiger partial charge on any atom is -0.228 e. The lowest BCUT2D eigenvalue weighted by Crippen LogP contribution is -2.00. The highest BCUT2D eigenvalue weighted by Crippen LogP contribution is 2.40. The molecule has 2 nitrogen and oxygen atoms in total. The van der Waals surface area contributed by atoms with Crippen molar-refractivity contribution in [2.24, 2.45) is 0 Å². The summed E-state index contributed by atoms with van der Waals surface area (Å²) in [5, 5.41) is 7.95. The zero-order valence-electron chi connectivity index (χ0n) is 31.6. The van der Waals surface area contributed by atoms with E-state index >= 15 is 0 Å². The summed E-state index contributed by atoms with van der Waals surface area (Å²) in [7, 11) is -0.476. The van der Waals surface area contributed by atoms with Crippen molar-refractivity contribution in [2.75, 3.05) is 26.7 Å². The summed E-state index contributed by atoms with van der Waals surface area (Å²) < 4.78 is 5.13. The maximum absolute atomic E-state index is 5.42. The van der Waals surface area contributed by atoms with Crippen LogP contribution in [-0.4, -0.2) is 36.6 Å². The zero-order chi connectivity index (χ0) is 37.9. The molecule has 0 saturated heterocycles. The lowest BCUT2D eigenvalue weighted by Gasteiger charge is -2.15. The van der Waals surface area contributed by atoms with Gasteiger partial charge >= 0.3 is 0 Å². The summed E-state index contributed by atoms with van der Waals surface area (Å²) in [6.07, 6.45) is 0. The monoisotopic (exact) mass is 792 g/mol. The van der Waals surface area contributed by atoms with Crippen LogP contribution in [0.15, 0.2) is 158 Å². The van der Waals surface area contributed by atoms with E-state index in [0.29, 0.717) is 0 Å². The third-order valence-electron chi connectivity index (χ3n) is 10.7. The predicted octanol–water partition coefficient (Wildman–Crippen LogP) is 14.3. The molecular weight excluding hydrogens is 755 g/mol. The first-order valence-corrected chi connectivity index (χ1v) is 24.9. The molecule has 0 amide bonds. The van der Waals surface area contributed by atoms with Gasteiger partial charge in [0.25, 0.3) is 0 Å². The minimum atomic E-state index is -0.238. The van der Waals surface area contributed by atoms with Gasteiger partial charge in [-0.3, -0.25) is 0 Å². The molecule has 0 unspecified atom stereocenters. The Kier molecular flexibility index (Phi) is 9.12. The lowest BCUT2D eigenvalue weighted by molar-refractivity contribution is 1.18. The molecule has 0 N–H and O–H groups in total. The summed E-state index contributed by atoms with van der Waals surface area (Å²) in [6.45, 7) is 9.29. The molecule has 0 aliphatic carbocycles. The quantitative estimate of drug-likeness (QED) is 0.150. The highest BCUT2D eigenvalue weighted by atomic mass is 32.1. The van der Waals surface area contributed by atoms with E-state index in [4.69, 9.17) is 9.97 Å². The SMILES string of the molecule is CP(C)c1cccc(-c2cc(-c3cccc(P(C)C)c3)cc(-c3nc(-c4ccc5c(c4)sc4ccccc45)cc(-c4ccc5c(c4)sc4ccccc45)n3)c2)c1. The van der Waals surface area contributed by atoms with Crippen molar-refractivity contribution >= 4 is 89.5 Å². The van der Waals surface area contributed by atoms with E-state index in [1.54, 1.807) is 0 Å². The van der Waals surface area contributed by atoms with Gasteiger partial charge in [-0.2, -0.15) is 0 Å². The standard InChI is InChI=1S/C50H38N2P2S2/c1-53(2)38-13-9-11-31(26-38)35-23-36(32-12-10-14-39(27-32)54(3)4)25-37(24-35)50-51-44(33-19-21-42-40-15-5-7-17-46(40)55-48(42)28-33)30-45(52-50)34-20-22-43-41-16-6-8-18-47(41)56-49(43)29-34/h5-30H,1-4H3. The Morgan fingerprint density at radius 3 is 1.27 bits per heavy atom. The number of nitrogens with zero attached hydrogens (tertiary/aromatic N) is 2. The van der Waals surface area contributed by atoms with E-state index in [2.05, 4.69) is 184 Å². The molecule has 0 radical (unpaired) electrons. The Labute approximate surface area is 338 Å². The van der Waals surface area contributed by atoms with Gasteiger partial charge in [0.2, 0.25) is 0 Å². The number of benzene rings is 7. The van der Waals surface area contributed by atoms with Crippen LogP contribution in [0.1, 0.15) is 0 Å². The molecule has 0 aliphatic heterocycles. The molecule has 56 heavy (non-hydrogen) atoms. The average Bonchev–Trinajstić information content (AvgIpc) is 3.81. The highest BCUT2D eigenvalue weighted by Gasteiger charge is 2.17. The summed E-state index contributed by atoms with van der Waals surface area (Å²) in [5.41, 5.74) is 9.80. The van der Waals surface area contributed by atoms with Crippen molar-refractivity contribution in [2.45, 2.75) is 0 Å². The molecule has 0 saturated carbocycles. The van der Waals surface area contributed by atoms with E-state index in [0.717, 1.165) is 33.9 Å². The van der Waals surface area contributed by atoms with Crippen LogP contribution in [0.2, 0.25) is 0 Å². The number of aromatic nitrogens is 2. The number of thiophene rings is 2. The fourth-order valence-electron chi connectivity index (χ4n) is 7.66. The first-order valence-electron chi connectivity index (χ1n) is 18.8. The van der Waals surface area contributed by atoms with Crippen molar-refractivity contribution in [1.29, 1.82) is 0 Å². The van der Waals surface area contributed by atoms with Crippen molar-refractivity contribution in [3.63, 3.8) is 0 Å². The molecular formula is C50H38N2P2S2. The van der Waals surface area contributed by atoms with Crippen molar-refractivity contribution < 1.29 is 0 Å². The van der Waals surface area contributed by atoms with Crippen LogP contribution in [0.5, 0.6) is 0 Å². The van der Waals surface area contributed by atoms with E-state index in [-0.39, 0.29) is 15.8 Å². The molecule has 10 aromatic rings. The van der Waals surface area contributed by atoms with Gasteiger partial charge in [0.05, 0.1) is 11.4 Å². The number of fused-ring (bicyclic) bond motifs is 6. The molecule has 7 aromatic carbocycles. The zero-order valence-corrected chi connectivity index (χ0v) is 35.0. The average molecular weight is 793 g/mol. The molecule has 0 fully saturated rings. The molecule has 0 aliphatic rings. The predicted molar refractivity (Wildman–Crippen MR) is 252 cm³/mol.